The van der Waals surface area contributed by atoms with Crippen molar-refractivity contribution in [2.24, 2.45) is 0 Å². The molecule has 0 aliphatic rings. The Morgan fingerprint density at radius 3 is 2.55 bits per heavy atom. The lowest BCUT2D eigenvalue weighted by molar-refractivity contribution is 0.415. The molecule has 3 rings (SSSR count). The van der Waals surface area contributed by atoms with Crippen LogP contribution in [0.1, 0.15) is 0 Å². The molecule has 0 saturated carbocycles. The normalized spacial score (nSPS) is 10.8. The molecule has 0 aliphatic carbocycles. The standard InChI is InChI=1S/C14H10Cl2N2OS/c1-19-11-2-3-12-13(7-11)20-14(18-12)17-10-5-8(15)4-9(16)6-10/h2-7H,1H3,(H,17,18). The summed E-state index contributed by atoms with van der Waals surface area (Å²) in [5.74, 6) is 0.818. The van der Waals surface area contributed by atoms with Gasteiger partial charge in [0.15, 0.2) is 5.13 Å². The second kappa shape index (κ2) is 5.48. The van der Waals surface area contributed by atoms with Gasteiger partial charge in [-0.25, -0.2) is 4.98 Å². The fraction of sp³-hybridized carbons (Fsp3) is 0.0714. The van der Waals surface area contributed by atoms with Crippen LogP contribution in [0.4, 0.5) is 10.8 Å². The van der Waals surface area contributed by atoms with E-state index in [1.807, 2.05) is 18.2 Å². The predicted octanol–water partition coefficient (Wildman–Crippen LogP) is 5.36. The minimum atomic E-state index is 0.586. The number of benzene rings is 2. The van der Waals surface area contributed by atoms with Gasteiger partial charge in [-0.2, -0.15) is 0 Å². The molecule has 3 nitrogen and oxygen atoms in total. The van der Waals surface area contributed by atoms with E-state index in [0.717, 1.165) is 26.8 Å². The predicted molar refractivity (Wildman–Crippen MR) is 85.9 cm³/mol. The van der Waals surface area contributed by atoms with E-state index in [-0.39, 0.29) is 0 Å². The minimum Gasteiger partial charge on any atom is -0.497 e. The van der Waals surface area contributed by atoms with Crippen LogP contribution >= 0.6 is 34.5 Å². The summed E-state index contributed by atoms with van der Waals surface area (Å²) < 4.78 is 6.26. The molecule has 1 heterocycles. The molecule has 1 N–H and O–H groups in total. The largest absolute Gasteiger partial charge is 0.497 e. The van der Waals surface area contributed by atoms with Crippen molar-refractivity contribution in [3.05, 3.63) is 46.4 Å². The molecule has 0 atom stereocenters. The van der Waals surface area contributed by atoms with Crippen molar-refractivity contribution in [2.45, 2.75) is 0 Å². The Balaban J connectivity index is 1.94. The molecule has 2 aromatic carbocycles. The zero-order valence-electron chi connectivity index (χ0n) is 10.5. The third-order valence-corrected chi connectivity index (χ3v) is 4.08. The van der Waals surface area contributed by atoms with E-state index >= 15 is 0 Å². The van der Waals surface area contributed by atoms with Gasteiger partial charge in [0, 0.05) is 15.7 Å². The second-order valence-corrected chi connectivity index (χ2v) is 6.04. The molecule has 0 fully saturated rings. The lowest BCUT2D eigenvalue weighted by atomic mass is 10.3. The Labute approximate surface area is 130 Å². The zero-order chi connectivity index (χ0) is 14.1. The van der Waals surface area contributed by atoms with Gasteiger partial charge < -0.3 is 10.1 Å². The second-order valence-electron chi connectivity index (χ2n) is 4.14. The van der Waals surface area contributed by atoms with Gasteiger partial charge in [0.25, 0.3) is 0 Å². The van der Waals surface area contributed by atoms with Crippen LogP contribution in [0.15, 0.2) is 36.4 Å². The van der Waals surface area contributed by atoms with Gasteiger partial charge in [0.05, 0.1) is 17.3 Å². The Hall–Kier alpha value is -1.49. The number of ether oxygens (including phenoxy) is 1. The van der Waals surface area contributed by atoms with Crippen molar-refractivity contribution in [1.82, 2.24) is 4.98 Å². The molecular weight excluding hydrogens is 315 g/mol. The molecule has 102 valence electrons. The first-order chi connectivity index (χ1) is 9.64. The molecule has 20 heavy (non-hydrogen) atoms. The Morgan fingerprint density at radius 2 is 1.85 bits per heavy atom. The highest BCUT2D eigenvalue weighted by molar-refractivity contribution is 7.22. The lowest BCUT2D eigenvalue weighted by Gasteiger charge is -2.03. The van der Waals surface area contributed by atoms with Crippen LogP contribution in [0.2, 0.25) is 10.0 Å². The number of hydrogen-bond donors (Lipinski definition) is 1. The summed E-state index contributed by atoms with van der Waals surface area (Å²) in [5.41, 5.74) is 1.74. The fourth-order valence-corrected chi connectivity index (χ4v) is 3.28. The molecule has 0 aliphatic heterocycles. The van der Waals surface area contributed by atoms with Crippen molar-refractivity contribution in [3.63, 3.8) is 0 Å². The lowest BCUT2D eigenvalue weighted by Crippen LogP contribution is -1.88. The van der Waals surface area contributed by atoms with Crippen LogP contribution in [0.5, 0.6) is 5.75 Å². The molecule has 0 amide bonds. The summed E-state index contributed by atoms with van der Waals surface area (Å²) >= 11 is 13.5. The van der Waals surface area contributed by atoms with E-state index < -0.39 is 0 Å². The number of anilines is 2. The van der Waals surface area contributed by atoms with E-state index in [1.54, 1.807) is 36.6 Å². The van der Waals surface area contributed by atoms with Gasteiger partial charge in [-0.1, -0.05) is 34.5 Å². The zero-order valence-corrected chi connectivity index (χ0v) is 12.8. The summed E-state index contributed by atoms with van der Waals surface area (Å²) in [6.07, 6.45) is 0. The molecular formula is C14H10Cl2N2OS. The molecule has 6 heteroatoms. The summed E-state index contributed by atoms with van der Waals surface area (Å²) in [6.45, 7) is 0. The van der Waals surface area contributed by atoms with Gasteiger partial charge in [0.1, 0.15) is 5.75 Å². The maximum atomic E-state index is 5.98. The summed E-state index contributed by atoms with van der Waals surface area (Å²) in [7, 11) is 1.65. The molecule has 1 aromatic heterocycles. The van der Waals surface area contributed by atoms with E-state index in [4.69, 9.17) is 27.9 Å². The number of thiazole rings is 1. The van der Waals surface area contributed by atoms with Crippen molar-refractivity contribution < 1.29 is 4.74 Å². The van der Waals surface area contributed by atoms with Crippen LogP contribution < -0.4 is 10.1 Å². The molecule has 0 radical (unpaired) electrons. The number of nitrogens with one attached hydrogen (secondary N) is 1. The van der Waals surface area contributed by atoms with Crippen molar-refractivity contribution in [1.29, 1.82) is 0 Å². The summed E-state index contributed by atoms with van der Waals surface area (Å²) in [5, 5.41) is 5.17. The Morgan fingerprint density at radius 1 is 1.10 bits per heavy atom. The first-order valence-corrected chi connectivity index (χ1v) is 7.39. The van der Waals surface area contributed by atoms with Crippen molar-refractivity contribution >= 4 is 55.6 Å². The van der Waals surface area contributed by atoms with E-state index in [9.17, 15) is 0 Å². The van der Waals surface area contributed by atoms with Crippen LogP contribution in [0.3, 0.4) is 0 Å². The average molecular weight is 325 g/mol. The number of halogens is 2. The summed E-state index contributed by atoms with van der Waals surface area (Å²) in [4.78, 5) is 4.51. The third-order valence-electron chi connectivity index (χ3n) is 2.71. The maximum absolute atomic E-state index is 5.98. The molecule has 3 aromatic rings. The Bertz CT molecular complexity index is 753. The van der Waals surface area contributed by atoms with Gasteiger partial charge in [-0.3, -0.25) is 0 Å². The number of rotatable bonds is 3. The third kappa shape index (κ3) is 2.82. The topological polar surface area (TPSA) is 34.1 Å². The smallest absolute Gasteiger partial charge is 0.188 e. The molecule has 0 bridgehead atoms. The molecule has 0 unspecified atom stereocenters. The number of fused-ring (bicyclic) bond motifs is 1. The van der Waals surface area contributed by atoms with Crippen molar-refractivity contribution in [3.8, 4) is 5.75 Å². The monoisotopic (exact) mass is 324 g/mol. The van der Waals surface area contributed by atoms with Gasteiger partial charge in [0.2, 0.25) is 0 Å². The van der Waals surface area contributed by atoms with Crippen LogP contribution in [0.25, 0.3) is 10.2 Å². The highest BCUT2D eigenvalue weighted by Crippen LogP contribution is 2.32. The number of nitrogens with zero attached hydrogens (tertiary/aromatic N) is 1. The van der Waals surface area contributed by atoms with Gasteiger partial charge in [-0.15, -0.1) is 0 Å². The number of aromatic nitrogens is 1. The SMILES string of the molecule is COc1ccc2nc(Nc3cc(Cl)cc(Cl)c3)sc2c1. The molecule has 0 saturated heterocycles. The van der Waals surface area contributed by atoms with Gasteiger partial charge in [-0.05, 0) is 36.4 Å². The number of hydrogen-bond acceptors (Lipinski definition) is 4. The van der Waals surface area contributed by atoms with Crippen molar-refractivity contribution in [2.75, 3.05) is 12.4 Å². The van der Waals surface area contributed by atoms with Crippen LogP contribution in [-0.4, -0.2) is 12.1 Å². The number of methoxy groups -OCH3 is 1. The average Bonchev–Trinajstić information content (AvgIpc) is 2.78. The maximum Gasteiger partial charge on any atom is 0.188 e. The van der Waals surface area contributed by atoms with Crippen LogP contribution in [0, 0.1) is 0 Å². The Kier molecular flexibility index (Phi) is 3.70. The van der Waals surface area contributed by atoms with E-state index in [1.165, 1.54) is 0 Å². The highest BCUT2D eigenvalue weighted by atomic mass is 35.5. The van der Waals surface area contributed by atoms with Gasteiger partial charge >= 0.3 is 0 Å². The van der Waals surface area contributed by atoms with E-state index in [0.29, 0.717) is 10.0 Å². The summed E-state index contributed by atoms with van der Waals surface area (Å²) in [6, 6.07) is 11.1. The minimum absolute atomic E-state index is 0.586. The highest BCUT2D eigenvalue weighted by Gasteiger charge is 2.06. The quantitative estimate of drug-likeness (QED) is 0.704. The van der Waals surface area contributed by atoms with E-state index in [2.05, 4.69) is 10.3 Å². The fourth-order valence-electron chi connectivity index (χ4n) is 1.83. The first-order valence-electron chi connectivity index (χ1n) is 5.82. The first kappa shape index (κ1) is 13.5. The van der Waals surface area contributed by atoms with Crippen LogP contribution in [-0.2, 0) is 0 Å². The molecule has 0 spiro atoms.